The molecule has 0 spiro atoms. The molecule has 5 nitrogen and oxygen atoms in total. The molecule has 0 aromatic heterocycles. The van der Waals surface area contributed by atoms with Crippen LogP contribution in [0.5, 0.6) is 5.75 Å². The quantitative estimate of drug-likeness (QED) is 0.832. The largest absolute Gasteiger partial charge is 0.479 e. The van der Waals surface area contributed by atoms with Crippen LogP contribution < -0.4 is 15.4 Å². The van der Waals surface area contributed by atoms with Gasteiger partial charge in [0.25, 0.3) is 5.91 Å². The first-order valence-corrected chi connectivity index (χ1v) is 6.35. The van der Waals surface area contributed by atoms with Crippen LogP contribution in [0.15, 0.2) is 18.2 Å². The van der Waals surface area contributed by atoms with E-state index in [2.05, 4.69) is 6.07 Å². The molecule has 0 aliphatic carbocycles. The van der Waals surface area contributed by atoms with Crippen LogP contribution in [0, 0.1) is 11.3 Å². The number of hydrogen-bond acceptors (Lipinski definition) is 4. The Morgan fingerprint density at radius 3 is 3.00 bits per heavy atom. The summed E-state index contributed by atoms with van der Waals surface area (Å²) in [5, 5.41) is 8.60. The van der Waals surface area contributed by atoms with Crippen molar-refractivity contribution in [1.82, 2.24) is 0 Å². The molecule has 1 aromatic rings. The molecule has 0 fully saturated rings. The fourth-order valence-corrected chi connectivity index (χ4v) is 2.13. The van der Waals surface area contributed by atoms with E-state index < -0.39 is 6.10 Å². The molecule has 0 bridgehead atoms. The van der Waals surface area contributed by atoms with Crippen molar-refractivity contribution in [1.29, 1.82) is 5.26 Å². The first-order valence-electron chi connectivity index (χ1n) is 6.35. The Hall–Kier alpha value is -2.06. The van der Waals surface area contributed by atoms with Gasteiger partial charge in [0.05, 0.1) is 11.8 Å². The lowest BCUT2D eigenvalue weighted by molar-refractivity contribution is -0.125. The van der Waals surface area contributed by atoms with Crippen molar-refractivity contribution in [2.24, 2.45) is 5.73 Å². The number of ether oxygens (including phenoxy) is 1. The summed E-state index contributed by atoms with van der Waals surface area (Å²) < 4.78 is 5.58. The maximum Gasteiger partial charge on any atom is 0.267 e. The Morgan fingerprint density at radius 2 is 2.32 bits per heavy atom. The molecule has 19 heavy (non-hydrogen) atoms. The smallest absolute Gasteiger partial charge is 0.267 e. The summed E-state index contributed by atoms with van der Waals surface area (Å²) >= 11 is 0. The highest BCUT2D eigenvalue weighted by molar-refractivity contribution is 5.99. The van der Waals surface area contributed by atoms with Gasteiger partial charge in [-0.1, -0.05) is 6.07 Å². The van der Waals surface area contributed by atoms with Crippen molar-refractivity contribution >= 4 is 11.6 Å². The zero-order valence-corrected chi connectivity index (χ0v) is 10.9. The summed E-state index contributed by atoms with van der Waals surface area (Å²) in [5.74, 6) is 0.626. The van der Waals surface area contributed by atoms with Gasteiger partial charge in [0.2, 0.25) is 0 Å². The lowest BCUT2D eigenvalue weighted by Crippen LogP contribution is -2.44. The highest BCUT2D eigenvalue weighted by Crippen LogP contribution is 2.35. The van der Waals surface area contributed by atoms with Crippen LogP contribution >= 0.6 is 0 Å². The number of carbonyl (C=O) groups excluding carboxylic acids is 1. The summed E-state index contributed by atoms with van der Waals surface area (Å²) in [6, 6.07) is 7.71. The van der Waals surface area contributed by atoms with Crippen LogP contribution in [0.2, 0.25) is 0 Å². The molecule has 100 valence electrons. The molecule has 1 unspecified atom stereocenters. The maximum absolute atomic E-state index is 12.2. The first kappa shape index (κ1) is 13.4. The Bertz CT molecular complexity index is 522. The number of benzene rings is 1. The third-order valence-corrected chi connectivity index (χ3v) is 3.14. The molecule has 0 saturated heterocycles. The second kappa shape index (κ2) is 5.72. The Morgan fingerprint density at radius 1 is 1.53 bits per heavy atom. The normalized spacial score (nSPS) is 17.6. The van der Waals surface area contributed by atoms with Crippen LogP contribution in [-0.4, -0.2) is 18.6 Å². The molecule has 1 aromatic carbocycles. The Kier molecular flexibility index (Phi) is 4.03. The number of nitriles is 1. The van der Waals surface area contributed by atoms with E-state index in [0.29, 0.717) is 31.7 Å². The molecule has 2 N–H and O–H groups in total. The highest BCUT2D eigenvalue weighted by atomic mass is 16.5. The minimum absolute atomic E-state index is 0.0698. The molecule has 0 saturated carbocycles. The average molecular weight is 259 g/mol. The average Bonchev–Trinajstić information content (AvgIpc) is 2.43. The van der Waals surface area contributed by atoms with Gasteiger partial charge < -0.3 is 15.4 Å². The number of carbonyl (C=O) groups is 1. The third kappa shape index (κ3) is 2.69. The molecule has 1 aliphatic rings. The van der Waals surface area contributed by atoms with Crippen molar-refractivity contribution in [2.75, 3.05) is 11.4 Å². The number of rotatable bonds is 4. The van der Waals surface area contributed by atoms with Gasteiger partial charge in [0.1, 0.15) is 5.75 Å². The summed E-state index contributed by atoms with van der Waals surface area (Å²) in [6.45, 7) is 2.68. The van der Waals surface area contributed by atoms with Gasteiger partial charge in [-0.2, -0.15) is 5.26 Å². The minimum Gasteiger partial charge on any atom is -0.479 e. The van der Waals surface area contributed by atoms with E-state index in [-0.39, 0.29) is 5.91 Å². The minimum atomic E-state index is -0.488. The maximum atomic E-state index is 12.2. The highest BCUT2D eigenvalue weighted by Gasteiger charge is 2.31. The van der Waals surface area contributed by atoms with Gasteiger partial charge in [-0.25, -0.2) is 0 Å². The van der Waals surface area contributed by atoms with Gasteiger partial charge in [0, 0.05) is 19.5 Å². The van der Waals surface area contributed by atoms with E-state index in [0.717, 1.165) is 11.3 Å². The lowest BCUT2D eigenvalue weighted by Gasteiger charge is -2.33. The number of nitrogens with two attached hydrogens (primary N) is 1. The molecule has 1 heterocycles. The van der Waals surface area contributed by atoms with Crippen molar-refractivity contribution in [3.8, 4) is 11.8 Å². The first-order chi connectivity index (χ1) is 9.17. The van der Waals surface area contributed by atoms with Crippen molar-refractivity contribution < 1.29 is 9.53 Å². The Labute approximate surface area is 112 Å². The lowest BCUT2D eigenvalue weighted by atomic mass is 10.1. The second-order valence-electron chi connectivity index (χ2n) is 4.52. The number of nitrogens with zero attached hydrogens (tertiary/aromatic N) is 2. The molecule has 0 radical (unpaired) electrons. The molecule has 1 amide bonds. The number of hydrogen-bond donors (Lipinski definition) is 1. The Balaban J connectivity index is 2.30. The van der Waals surface area contributed by atoms with Gasteiger partial charge in [0.15, 0.2) is 6.10 Å². The molecule has 2 rings (SSSR count). The zero-order chi connectivity index (χ0) is 13.8. The van der Waals surface area contributed by atoms with Crippen LogP contribution in [-0.2, 0) is 11.3 Å². The van der Waals surface area contributed by atoms with E-state index >= 15 is 0 Å². The summed E-state index contributed by atoms with van der Waals surface area (Å²) in [5.41, 5.74) is 7.33. The summed E-state index contributed by atoms with van der Waals surface area (Å²) in [4.78, 5) is 13.9. The standard InChI is InChI=1S/C14H17N3O2/c1-10-14(18)17(7-3-2-6-15)12-8-11(9-16)4-5-13(12)19-10/h4-5,8,10H,2-3,7,9,16H2,1H3. The van der Waals surface area contributed by atoms with E-state index in [1.54, 1.807) is 11.8 Å². The molecule has 1 aliphatic heterocycles. The van der Waals surface area contributed by atoms with Gasteiger partial charge in [-0.05, 0) is 31.0 Å². The summed E-state index contributed by atoms with van der Waals surface area (Å²) in [6.07, 6.45) is 0.602. The predicted octanol–water partition coefficient (Wildman–Crippen LogP) is 1.56. The number of amides is 1. The van der Waals surface area contributed by atoms with Gasteiger partial charge >= 0.3 is 0 Å². The SMILES string of the molecule is CC1Oc2ccc(CN)cc2N(CCCC#N)C1=O. The molecular weight excluding hydrogens is 242 g/mol. The fourth-order valence-electron chi connectivity index (χ4n) is 2.13. The van der Waals surface area contributed by atoms with E-state index in [4.69, 9.17) is 15.7 Å². The summed E-state index contributed by atoms with van der Waals surface area (Å²) in [7, 11) is 0. The van der Waals surface area contributed by atoms with Crippen LogP contribution in [0.4, 0.5) is 5.69 Å². The molecule has 5 heteroatoms. The van der Waals surface area contributed by atoms with Gasteiger partial charge in [-0.15, -0.1) is 0 Å². The number of anilines is 1. The fraction of sp³-hybridized carbons (Fsp3) is 0.429. The van der Waals surface area contributed by atoms with Crippen molar-refractivity contribution in [3.63, 3.8) is 0 Å². The van der Waals surface area contributed by atoms with Gasteiger partial charge in [-0.3, -0.25) is 4.79 Å². The molecule has 1 atom stereocenters. The van der Waals surface area contributed by atoms with Crippen LogP contribution in [0.3, 0.4) is 0 Å². The number of unbranched alkanes of at least 4 members (excludes halogenated alkanes) is 1. The van der Waals surface area contributed by atoms with Crippen molar-refractivity contribution in [3.05, 3.63) is 23.8 Å². The van der Waals surface area contributed by atoms with E-state index in [9.17, 15) is 4.79 Å². The van der Waals surface area contributed by atoms with Crippen LogP contribution in [0.1, 0.15) is 25.3 Å². The predicted molar refractivity (Wildman–Crippen MR) is 71.6 cm³/mol. The number of fused-ring (bicyclic) bond motifs is 1. The monoisotopic (exact) mass is 259 g/mol. The van der Waals surface area contributed by atoms with Crippen LogP contribution in [0.25, 0.3) is 0 Å². The third-order valence-electron chi connectivity index (χ3n) is 3.14. The van der Waals surface area contributed by atoms with E-state index in [1.807, 2.05) is 18.2 Å². The topological polar surface area (TPSA) is 79.3 Å². The van der Waals surface area contributed by atoms with E-state index in [1.165, 1.54) is 0 Å². The van der Waals surface area contributed by atoms with Crippen molar-refractivity contribution in [2.45, 2.75) is 32.4 Å². The second-order valence-corrected chi connectivity index (χ2v) is 4.52. The molecular formula is C14H17N3O2. The zero-order valence-electron chi connectivity index (χ0n) is 10.9.